The Morgan fingerprint density at radius 3 is 2.69 bits per heavy atom. The van der Waals surface area contributed by atoms with Gasteiger partial charge in [0, 0.05) is 17.8 Å². The summed E-state index contributed by atoms with van der Waals surface area (Å²) in [7, 11) is 0. The number of carbonyl (C=O) groups excluding carboxylic acids is 1. The molecule has 4 heteroatoms. The zero-order valence-corrected chi connectivity index (χ0v) is 9.73. The molecule has 0 aliphatic rings. The first-order valence-electron chi connectivity index (χ1n) is 5.32. The van der Waals surface area contributed by atoms with Gasteiger partial charge in [0.15, 0.2) is 0 Å². The molecule has 0 spiro atoms. The smallest absolute Gasteiger partial charge is 0.236 e. The molecule has 0 aliphatic heterocycles. The summed E-state index contributed by atoms with van der Waals surface area (Å²) in [6.45, 7) is 4.73. The van der Waals surface area contributed by atoms with Crippen molar-refractivity contribution in [3.05, 3.63) is 29.3 Å². The zero-order valence-electron chi connectivity index (χ0n) is 9.73. The summed E-state index contributed by atoms with van der Waals surface area (Å²) in [6, 6.07) is 5.78. The van der Waals surface area contributed by atoms with Crippen molar-refractivity contribution >= 4 is 11.6 Å². The minimum Gasteiger partial charge on any atom is -0.392 e. The van der Waals surface area contributed by atoms with Crippen molar-refractivity contribution in [2.45, 2.75) is 20.5 Å². The average molecular weight is 222 g/mol. The third-order valence-electron chi connectivity index (χ3n) is 2.47. The molecular formula is C12H18N2O2. The number of primary amides is 1. The summed E-state index contributed by atoms with van der Waals surface area (Å²) in [4.78, 5) is 12.8. The molecular weight excluding hydrogens is 204 g/mol. The van der Waals surface area contributed by atoms with Crippen molar-refractivity contribution in [1.29, 1.82) is 0 Å². The van der Waals surface area contributed by atoms with Gasteiger partial charge in [0.1, 0.15) is 0 Å². The highest BCUT2D eigenvalue weighted by Gasteiger charge is 2.11. The summed E-state index contributed by atoms with van der Waals surface area (Å²) < 4.78 is 0. The fourth-order valence-corrected chi connectivity index (χ4v) is 1.70. The van der Waals surface area contributed by atoms with Crippen LogP contribution in [0.5, 0.6) is 0 Å². The van der Waals surface area contributed by atoms with Crippen LogP contribution in [0.1, 0.15) is 18.1 Å². The van der Waals surface area contributed by atoms with Crippen LogP contribution in [0.15, 0.2) is 18.2 Å². The Kier molecular flexibility index (Phi) is 4.31. The molecule has 16 heavy (non-hydrogen) atoms. The molecule has 0 atom stereocenters. The molecule has 0 fully saturated rings. The number of benzene rings is 1. The SMILES string of the molecule is CCN(CC(N)=O)c1ccc(C)cc1CO. The summed E-state index contributed by atoms with van der Waals surface area (Å²) in [5, 5.41) is 9.28. The molecule has 0 heterocycles. The number of nitrogens with zero attached hydrogens (tertiary/aromatic N) is 1. The van der Waals surface area contributed by atoms with E-state index in [2.05, 4.69) is 0 Å². The lowest BCUT2D eigenvalue weighted by atomic mass is 10.1. The van der Waals surface area contributed by atoms with Crippen LogP contribution in [0.3, 0.4) is 0 Å². The van der Waals surface area contributed by atoms with Crippen molar-refractivity contribution in [3.63, 3.8) is 0 Å². The number of amides is 1. The van der Waals surface area contributed by atoms with Crippen LogP contribution in [-0.2, 0) is 11.4 Å². The highest BCUT2D eigenvalue weighted by atomic mass is 16.3. The minimum absolute atomic E-state index is 0.0354. The molecule has 3 N–H and O–H groups in total. The molecule has 0 radical (unpaired) electrons. The van der Waals surface area contributed by atoms with Gasteiger partial charge in [-0.2, -0.15) is 0 Å². The van der Waals surface area contributed by atoms with E-state index < -0.39 is 0 Å². The normalized spacial score (nSPS) is 10.2. The Bertz CT molecular complexity index is 377. The maximum atomic E-state index is 10.9. The van der Waals surface area contributed by atoms with Gasteiger partial charge < -0.3 is 15.7 Å². The fourth-order valence-electron chi connectivity index (χ4n) is 1.70. The number of aliphatic hydroxyl groups excluding tert-OH is 1. The third-order valence-corrected chi connectivity index (χ3v) is 2.47. The van der Waals surface area contributed by atoms with Gasteiger partial charge in [-0.1, -0.05) is 17.7 Å². The van der Waals surface area contributed by atoms with E-state index in [1.54, 1.807) is 0 Å². The lowest BCUT2D eigenvalue weighted by Crippen LogP contribution is -2.34. The number of likely N-dealkylation sites (N-methyl/N-ethyl adjacent to an activating group) is 1. The summed E-state index contributed by atoms with van der Waals surface area (Å²) >= 11 is 0. The molecule has 0 unspecified atom stereocenters. The minimum atomic E-state index is -0.369. The van der Waals surface area contributed by atoms with Crippen LogP contribution in [-0.4, -0.2) is 24.1 Å². The number of aliphatic hydroxyl groups is 1. The second kappa shape index (κ2) is 5.51. The van der Waals surface area contributed by atoms with Crippen LogP contribution in [0, 0.1) is 6.92 Å². The van der Waals surface area contributed by atoms with E-state index in [4.69, 9.17) is 5.73 Å². The van der Waals surface area contributed by atoms with Gasteiger partial charge >= 0.3 is 0 Å². The van der Waals surface area contributed by atoms with E-state index in [1.807, 2.05) is 36.9 Å². The number of rotatable bonds is 5. The first kappa shape index (κ1) is 12.5. The molecule has 0 saturated heterocycles. The molecule has 0 aliphatic carbocycles. The van der Waals surface area contributed by atoms with E-state index in [0.29, 0.717) is 6.54 Å². The number of anilines is 1. The molecule has 4 nitrogen and oxygen atoms in total. The van der Waals surface area contributed by atoms with Crippen molar-refractivity contribution < 1.29 is 9.90 Å². The Morgan fingerprint density at radius 1 is 1.50 bits per heavy atom. The molecule has 0 bridgehead atoms. The summed E-state index contributed by atoms with van der Waals surface area (Å²) in [5.74, 6) is -0.369. The van der Waals surface area contributed by atoms with Crippen molar-refractivity contribution in [2.24, 2.45) is 5.73 Å². The second-order valence-electron chi connectivity index (χ2n) is 3.77. The maximum absolute atomic E-state index is 10.9. The first-order valence-corrected chi connectivity index (χ1v) is 5.32. The molecule has 0 saturated carbocycles. The summed E-state index contributed by atoms with van der Waals surface area (Å²) in [6.07, 6.45) is 0. The van der Waals surface area contributed by atoms with Crippen LogP contribution < -0.4 is 10.6 Å². The number of carbonyl (C=O) groups is 1. The zero-order chi connectivity index (χ0) is 12.1. The highest BCUT2D eigenvalue weighted by Crippen LogP contribution is 2.21. The number of nitrogens with two attached hydrogens (primary N) is 1. The number of hydrogen-bond donors (Lipinski definition) is 2. The third kappa shape index (κ3) is 2.97. The van der Waals surface area contributed by atoms with Gasteiger partial charge in [-0.15, -0.1) is 0 Å². The molecule has 1 rings (SSSR count). The highest BCUT2D eigenvalue weighted by molar-refractivity contribution is 5.80. The molecule has 1 amide bonds. The van der Waals surface area contributed by atoms with Crippen LogP contribution in [0.25, 0.3) is 0 Å². The Balaban J connectivity index is 3.03. The topological polar surface area (TPSA) is 66.6 Å². The molecule has 88 valence electrons. The van der Waals surface area contributed by atoms with E-state index >= 15 is 0 Å². The van der Waals surface area contributed by atoms with Gasteiger partial charge in [0.05, 0.1) is 13.2 Å². The largest absolute Gasteiger partial charge is 0.392 e. The molecule has 1 aromatic rings. The van der Waals surface area contributed by atoms with Crippen molar-refractivity contribution in [1.82, 2.24) is 0 Å². The Hall–Kier alpha value is -1.55. The van der Waals surface area contributed by atoms with E-state index in [-0.39, 0.29) is 19.1 Å². The van der Waals surface area contributed by atoms with Gasteiger partial charge in [-0.3, -0.25) is 4.79 Å². The predicted molar refractivity (Wildman–Crippen MR) is 64.2 cm³/mol. The van der Waals surface area contributed by atoms with Crippen molar-refractivity contribution in [3.8, 4) is 0 Å². The van der Waals surface area contributed by atoms with Gasteiger partial charge in [0.2, 0.25) is 5.91 Å². The van der Waals surface area contributed by atoms with Gasteiger partial charge in [-0.25, -0.2) is 0 Å². The Labute approximate surface area is 95.7 Å². The van der Waals surface area contributed by atoms with E-state index in [9.17, 15) is 9.90 Å². The maximum Gasteiger partial charge on any atom is 0.236 e. The van der Waals surface area contributed by atoms with Crippen molar-refractivity contribution in [2.75, 3.05) is 18.0 Å². The van der Waals surface area contributed by atoms with E-state index in [1.165, 1.54) is 0 Å². The molecule has 0 aromatic heterocycles. The monoisotopic (exact) mass is 222 g/mol. The lowest BCUT2D eigenvalue weighted by Gasteiger charge is -2.24. The first-order chi connectivity index (χ1) is 7.58. The Morgan fingerprint density at radius 2 is 2.19 bits per heavy atom. The van der Waals surface area contributed by atoms with Gasteiger partial charge in [-0.05, 0) is 19.9 Å². The van der Waals surface area contributed by atoms with Crippen LogP contribution >= 0.6 is 0 Å². The van der Waals surface area contributed by atoms with Crippen LogP contribution in [0.2, 0.25) is 0 Å². The average Bonchev–Trinajstić information content (AvgIpc) is 2.25. The second-order valence-corrected chi connectivity index (χ2v) is 3.77. The molecule has 1 aromatic carbocycles. The quantitative estimate of drug-likeness (QED) is 0.774. The standard InChI is InChI=1S/C12H18N2O2/c1-3-14(7-12(13)16)11-5-4-9(2)6-10(11)8-15/h4-6,15H,3,7-8H2,1-2H3,(H2,13,16). The number of hydrogen-bond acceptors (Lipinski definition) is 3. The lowest BCUT2D eigenvalue weighted by molar-refractivity contribution is -0.116. The van der Waals surface area contributed by atoms with Gasteiger partial charge in [0.25, 0.3) is 0 Å². The fraction of sp³-hybridized carbons (Fsp3) is 0.417. The van der Waals surface area contributed by atoms with E-state index in [0.717, 1.165) is 16.8 Å². The predicted octanol–water partition coefficient (Wildman–Crippen LogP) is 0.799. The number of aryl methyl sites for hydroxylation is 1. The summed E-state index contributed by atoms with van der Waals surface area (Å²) in [5.41, 5.74) is 7.96. The van der Waals surface area contributed by atoms with Crippen LogP contribution in [0.4, 0.5) is 5.69 Å².